The van der Waals surface area contributed by atoms with Gasteiger partial charge in [0.25, 0.3) is 5.69 Å². The molecule has 0 heterocycles. The van der Waals surface area contributed by atoms with Crippen molar-refractivity contribution in [2.75, 3.05) is 6.54 Å². The second-order valence-electron chi connectivity index (χ2n) is 5.96. The van der Waals surface area contributed by atoms with Crippen molar-refractivity contribution >= 4 is 23.7 Å². The van der Waals surface area contributed by atoms with Gasteiger partial charge in [0, 0.05) is 18.1 Å². The molecule has 152 valence electrons. The molecular formula is C19H19N3O7. The maximum Gasteiger partial charge on any atom is 0.407 e. The van der Waals surface area contributed by atoms with Crippen LogP contribution < -0.4 is 10.6 Å². The number of carbonyl (C=O) groups is 3. The number of hydrogen-bond acceptors (Lipinski definition) is 6. The van der Waals surface area contributed by atoms with Crippen molar-refractivity contribution in [3.05, 3.63) is 75.8 Å². The smallest absolute Gasteiger partial charge is 0.407 e. The molecule has 0 bridgehead atoms. The molecule has 0 unspecified atom stereocenters. The predicted octanol–water partition coefficient (Wildman–Crippen LogP) is 1.63. The number of rotatable bonds is 9. The Morgan fingerprint density at radius 2 is 1.72 bits per heavy atom. The van der Waals surface area contributed by atoms with E-state index in [1.54, 1.807) is 24.3 Å². The van der Waals surface area contributed by atoms with Crippen LogP contribution in [0.4, 0.5) is 10.5 Å². The summed E-state index contributed by atoms with van der Waals surface area (Å²) in [5, 5.41) is 24.8. The Labute approximate surface area is 165 Å². The number of nitrogens with one attached hydrogen (secondary N) is 2. The van der Waals surface area contributed by atoms with E-state index in [1.165, 1.54) is 24.3 Å². The zero-order chi connectivity index (χ0) is 21.2. The molecule has 29 heavy (non-hydrogen) atoms. The van der Waals surface area contributed by atoms with E-state index < -0.39 is 35.5 Å². The molecule has 2 amide bonds. The molecule has 0 saturated carbocycles. The number of carbonyl (C=O) groups excluding carboxylic acids is 2. The number of carboxylic acids is 1. The predicted molar refractivity (Wildman–Crippen MR) is 101 cm³/mol. The molecule has 0 fully saturated rings. The van der Waals surface area contributed by atoms with Crippen LogP contribution in [0.1, 0.15) is 11.1 Å². The minimum atomic E-state index is -1.40. The topological polar surface area (TPSA) is 148 Å². The lowest BCUT2D eigenvalue weighted by molar-refractivity contribution is -0.385. The summed E-state index contributed by atoms with van der Waals surface area (Å²) in [6.07, 6.45) is -1.12. The minimum absolute atomic E-state index is 0.0176. The van der Waals surface area contributed by atoms with Gasteiger partial charge in [-0.25, -0.2) is 9.59 Å². The molecule has 1 atom stereocenters. The van der Waals surface area contributed by atoms with Crippen LogP contribution in [0.3, 0.4) is 0 Å². The van der Waals surface area contributed by atoms with Gasteiger partial charge in [0.05, 0.1) is 4.92 Å². The molecule has 0 aliphatic heterocycles. The average molecular weight is 401 g/mol. The molecule has 2 aromatic rings. The van der Waals surface area contributed by atoms with Crippen LogP contribution in [0.2, 0.25) is 0 Å². The molecule has 0 aromatic heterocycles. The zero-order valence-electron chi connectivity index (χ0n) is 15.2. The van der Waals surface area contributed by atoms with Crippen LogP contribution in [0.25, 0.3) is 0 Å². The largest absolute Gasteiger partial charge is 0.480 e. The average Bonchev–Trinajstić information content (AvgIpc) is 2.71. The fourth-order valence-corrected chi connectivity index (χ4v) is 2.45. The molecule has 0 spiro atoms. The number of nitro benzene ring substituents is 1. The maximum atomic E-state index is 12.0. The van der Waals surface area contributed by atoms with Gasteiger partial charge in [-0.1, -0.05) is 48.5 Å². The van der Waals surface area contributed by atoms with Gasteiger partial charge in [-0.05, 0) is 5.56 Å². The van der Waals surface area contributed by atoms with E-state index in [9.17, 15) is 29.6 Å². The molecule has 0 aliphatic carbocycles. The first kappa shape index (κ1) is 21.4. The van der Waals surface area contributed by atoms with Crippen LogP contribution in [-0.4, -0.2) is 40.6 Å². The number of para-hydroxylation sites is 1. The summed E-state index contributed by atoms with van der Waals surface area (Å²) in [4.78, 5) is 45.5. The summed E-state index contributed by atoms with van der Waals surface area (Å²) in [5.41, 5.74) is 0.693. The van der Waals surface area contributed by atoms with Crippen LogP contribution in [-0.2, 0) is 27.4 Å². The van der Waals surface area contributed by atoms with E-state index in [-0.39, 0.29) is 24.3 Å². The summed E-state index contributed by atoms with van der Waals surface area (Å²) >= 11 is 0. The standard InChI is InChI=1S/C19H19N3O7/c23-17(11-20-19(26)29-12-13-6-2-1-3-7-13)21-15(18(24)25)10-14-8-4-5-9-16(14)22(27)28/h1-9,15H,10-12H2,(H,20,26)(H,21,23)(H,24,25)/t15-/m1/s1. The van der Waals surface area contributed by atoms with Gasteiger partial charge >= 0.3 is 12.1 Å². The lowest BCUT2D eigenvalue weighted by atomic mass is 10.0. The Morgan fingerprint density at radius 3 is 2.38 bits per heavy atom. The van der Waals surface area contributed by atoms with E-state index in [0.717, 1.165) is 5.56 Å². The monoisotopic (exact) mass is 401 g/mol. The van der Waals surface area contributed by atoms with Gasteiger partial charge in [0.2, 0.25) is 5.91 Å². The normalized spacial score (nSPS) is 11.2. The summed E-state index contributed by atoms with van der Waals surface area (Å²) in [6, 6.07) is 13.2. The summed E-state index contributed by atoms with van der Waals surface area (Å²) in [6.45, 7) is -0.488. The van der Waals surface area contributed by atoms with Crippen LogP contribution >= 0.6 is 0 Å². The number of nitro groups is 1. The van der Waals surface area contributed by atoms with E-state index in [2.05, 4.69) is 10.6 Å². The first-order chi connectivity index (χ1) is 13.9. The van der Waals surface area contributed by atoms with E-state index in [1.807, 2.05) is 6.07 Å². The molecular weight excluding hydrogens is 382 g/mol. The SMILES string of the molecule is O=C(CNC(=O)OCc1ccccc1)N[C@H](Cc1ccccc1[N+](=O)[O-])C(=O)O. The van der Waals surface area contributed by atoms with Crippen molar-refractivity contribution in [3.8, 4) is 0 Å². The number of ether oxygens (including phenoxy) is 1. The van der Waals surface area contributed by atoms with Gasteiger partial charge in [-0.2, -0.15) is 0 Å². The summed E-state index contributed by atoms with van der Waals surface area (Å²) < 4.78 is 4.95. The highest BCUT2D eigenvalue weighted by atomic mass is 16.6. The number of hydrogen-bond donors (Lipinski definition) is 3. The highest BCUT2D eigenvalue weighted by Crippen LogP contribution is 2.19. The number of amides is 2. The van der Waals surface area contributed by atoms with Crippen molar-refractivity contribution in [2.45, 2.75) is 19.1 Å². The second kappa shape index (κ2) is 10.4. The maximum absolute atomic E-state index is 12.0. The third-order valence-electron chi connectivity index (χ3n) is 3.85. The molecule has 0 saturated heterocycles. The Hall–Kier alpha value is -3.95. The van der Waals surface area contributed by atoms with Crippen LogP contribution in [0, 0.1) is 10.1 Å². The van der Waals surface area contributed by atoms with Crippen molar-refractivity contribution in [3.63, 3.8) is 0 Å². The Morgan fingerprint density at radius 1 is 1.07 bits per heavy atom. The lowest BCUT2D eigenvalue weighted by Crippen LogP contribution is -2.46. The van der Waals surface area contributed by atoms with Crippen LogP contribution in [0.5, 0.6) is 0 Å². The van der Waals surface area contributed by atoms with E-state index in [0.29, 0.717) is 0 Å². The van der Waals surface area contributed by atoms with Crippen molar-refractivity contribution in [1.29, 1.82) is 0 Å². The quantitative estimate of drug-likeness (QED) is 0.427. The molecule has 0 radical (unpaired) electrons. The lowest BCUT2D eigenvalue weighted by Gasteiger charge is -2.15. The third-order valence-corrected chi connectivity index (χ3v) is 3.85. The van der Waals surface area contributed by atoms with Crippen molar-refractivity contribution in [2.24, 2.45) is 0 Å². The molecule has 10 heteroatoms. The Balaban J connectivity index is 1.85. The molecule has 0 aliphatic rings. The number of aliphatic carboxylic acids is 1. The third kappa shape index (κ3) is 6.94. The fraction of sp³-hybridized carbons (Fsp3) is 0.211. The molecule has 10 nitrogen and oxygen atoms in total. The van der Waals surface area contributed by atoms with Gasteiger partial charge in [0.15, 0.2) is 0 Å². The summed E-state index contributed by atoms with van der Waals surface area (Å²) in [7, 11) is 0. The fourth-order valence-electron chi connectivity index (χ4n) is 2.45. The van der Waals surface area contributed by atoms with Gasteiger partial charge in [-0.15, -0.1) is 0 Å². The summed E-state index contributed by atoms with van der Waals surface area (Å²) in [5.74, 6) is -2.13. The van der Waals surface area contributed by atoms with Gasteiger partial charge in [-0.3, -0.25) is 14.9 Å². The minimum Gasteiger partial charge on any atom is -0.480 e. The number of alkyl carbamates (subject to hydrolysis) is 1. The molecule has 2 rings (SSSR count). The first-order valence-electron chi connectivity index (χ1n) is 8.56. The molecule has 3 N–H and O–H groups in total. The van der Waals surface area contributed by atoms with Crippen molar-refractivity contribution < 1.29 is 29.2 Å². The number of carboxylic acid groups (broad SMARTS) is 1. The second-order valence-corrected chi connectivity index (χ2v) is 5.96. The first-order valence-corrected chi connectivity index (χ1v) is 8.56. The Kier molecular flexibility index (Phi) is 7.66. The van der Waals surface area contributed by atoms with Crippen molar-refractivity contribution in [1.82, 2.24) is 10.6 Å². The van der Waals surface area contributed by atoms with E-state index >= 15 is 0 Å². The number of nitrogens with zero attached hydrogens (tertiary/aromatic N) is 1. The Bertz CT molecular complexity index is 886. The van der Waals surface area contributed by atoms with Gasteiger partial charge < -0.3 is 20.5 Å². The van der Waals surface area contributed by atoms with Crippen LogP contribution in [0.15, 0.2) is 54.6 Å². The zero-order valence-corrected chi connectivity index (χ0v) is 15.2. The highest BCUT2D eigenvalue weighted by molar-refractivity contribution is 5.86. The molecule has 2 aromatic carbocycles. The highest BCUT2D eigenvalue weighted by Gasteiger charge is 2.24. The van der Waals surface area contributed by atoms with E-state index in [4.69, 9.17) is 4.74 Å². The number of benzene rings is 2. The van der Waals surface area contributed by atoms with Gasteiger partial charge in [0.1, 0.15) is 19.2 Å².